The summed E-state index contributed by atoms with van der Waals surface area (Å²) in [6.45, 7) is 2.97. The number of hydrogen-bond acceptors (Lipinski definition) is 4. The average molecular weight is 418 g/mol. The van der Waals surface area contributed by atoms with Crippen LogP contribution in [-0.4, -0.2) is 31.4 Å². The van der Waals surface area contributed by atoms with Crippen molar-refractivity contribution in [2.24, 2.45) is 5.92 Å². The van der Waals surface area contributed by atoms with Crippen LogP contribution in [0.3, 0.4) is 0 Å². The van der Waals surface area contributed by atoms with Crippen LogP contribution in [-0.2, 0) is 6.54 Å². The third kappa shape index (κ3) is 4.16. The number of benzene rings is 1. The number of rotatable bonds is 5. The second-order valence-corrected chi connectivity index (χ2v) is 8.89. The zero-order valence-corrected chi connectivity index (χ0v) is 18.5. The van der Waals surface area contributed by atoms with Gasteiger partial charge in [-0.15, -0.1) is 0 Å². The van der Waals surface area contributed by atoms with Gasteiger partial charge in [0, 0.05) is 18.7 Å². The van der Waals surface area contributed by atoms with E-state index in [1.54, 1.807) is 7.11 Å². The fraction of sp³-hybridized carbons (Fsp3) is 0.480. The first-order chi connectivity index (χ1) is 15.2. The van der Waals surface area contributed by atoms with Gasteiger partial charge in [0.1, 0.15) is 11.6 Å². The van der Waals surface area contributed by atoms with Crippen molar-refractivity contribution in [1.29, 1.82) is 0 Å². The van der Waals surface area contributed by atoms with Gasteiger partial charge in [0.15, 0.2) is 5.82 Å². The van der Waals surface area contributed by atoms with Gasteiger partial charge >= 0.3 is 0 Å². The Kier molecular flexibility index (Phi) is 5.62. The fourth-order valence-electron chi connectivity index (χ4n) is 5.19. The van der Waals surface area contributed by atoms with E-state index in [-0.39, 0.29) is 0 Å². The van der Waals surface area contributed by atoms with E-state index < -0.39 is 0 Å². The molecule has 1 aromatic carbocycles. The SMILES string of the molecule is COc1cc(C=Cc2nc3n(n2)CCCC3C2CCCCC2)ccc1-n1cnc(C)c1. The lowest BCUT2D eigenvalue weighted by Crippen LogP contribution is -2.24. The van der Waals surface area contributed by atoms with Gasteiger partial charge in [-0.05, 0) is 62.3 Å². The Labute approximate surface area is 184 Å². The molecule has 6 nitrogen and oxygen atoms in total. The molecule has 162 valence electrons. The third-order valence-corrected chi connectivity index (χ3v) is 6.77. The molecule has 0 radical (unpaired) electrons. The van der Waals surface area contributed by atoms with Gasteiger partial charge in [-0.2, -0.15) is 5.10 Å². The summed E-state index contributed by atoms with van der Waals surface area (Å²) in [5.74, 6) is 4.21. The molecular weight excluding hydrogens is 386 g/mol. The van der Waals surface area contributed by atoms with Crippen LogP contribution in [0.15, 0.2) is 30.7 Å². The van der Waals surface area contributed by atoms with Crippen LogP contribution in [0.2, 0.25) is 0 Å². The van der Waals surface area contributed by atoms with Gasteiger partial charge in [-0.25, -0.2) is 14.6 Å². The van der Waals surface area contributed by atoms with Crippen LogP contribution in [0.25, 0.3) is 17.8 Å². The van der Waals surface area contributed by atoms with E-state index in [0.717, 1.165) is 41.0 Å². The van der Waals surface area contributed by atoms with Gasteiger partial charge in [0.25, 0.3) is 0 Å². The molecule has 1 aliphatic heterocycles. The van der Waals surface area contributed by atoms with Gasteiger partial charge in [-0.3, -0.25) is 0 Å². The summed E-state index contributed by atoms with van der Waals surface area (Å²) >= 11 is 0. The highest BCUT2D eigenvalue weighted by Crippen LogP contribution is 2.40. The van der Waals surface area contributed by atoms with E-state index >= 15 is 0 Å². The molecule has 2 aromatic heterocycles. The number of methoxy groups -OCH3 is 1. The van der Waals surface area contributed by atoms with E-state index in [4.69, 9.17) is 14.8 Å². The molecule has 0 saturated heterocycles. The highest BCUT2D eigenvalue weighted by Gasteiger charge is 2.31. The van der Waals surface area contributed by atoms with E-state index in [2.05, 4.69) is 27.9 Å². The predicted molar refractivity (Wildman–Crippen MR) is 122 cm³/mol. The molecule has 1 fully saturated rings. The molecule has 3 heterocycles. The maximum atomic E-state index is 5.63. The summed E-state index contributed by atoms with van der Waals surface area (Å²) < 4.78 is 9.78. The summed E-state index contributed by atoms with van der Waals surface area (Å²) in [4.78, 5) is 9.27. The second-order valence-electron chi connectivity index (χ2n) is 8.89. The Balaban J connectivity index is 1.37. The summed E-state index contributed by atoms with van der Waals surface area (Å²) in [6.07, 6.45) is 17.2. The van der Waals surface area contributed by atoms with Crippen molar-refractivity contribution in [2.75, 3.05) is 7.11 Å². The molecule has 0 amide bonds. The van der Waals surface area contributed by atoms with Crippen LogP contribution in [0.5, 0.6) is 5.75 Å². The largest absolute Gasteiger partial charge is 0.495 e. The van der Waals surface area contributed by atoms with Crippen molar-refractivity contribution in [3.05, 3.63) is 53.6 Å². The van der Waals surface area contributed by atoms with Crippen LogP contribution in [0.4, 0.5) is 0 Å². The van der Waals surface area contributed by atoms with Gasteiger partial charge in [0.05, 0.1) is 24.8 Å². The number of aromatic nitrogens is 5. The number of fused-ring (bicyclic) bond motifs is 1. The van der Waals surface area contributed by atoms with Gasteiger partial charge < -0.3 is 9.30 Å². The Morgan fingerprint density at radius 2 is 1.94 bits per heavy atom. The average Bonchev–Trinajstić information content (AvgIpc) is 3.43. The number of ether oxygens (including phenoxy) is 1. The van der Waals surface area contributed by atoms with Crippen LogP contribution < -0.4 is 4.74 Å². The Hall–Kier alpha value is -2.89. The van der Waals surface area contributed by atoms with E-state index in [1.165, 1.54) is 50.8 Å². The smallest absolute Gasteiger partial charge is 0.174 e. The minimum atomic E-state index is 0.585. The van der Waals surface area contributed by atoms with Crippen molar-refractivity contribution in [3.8, 4) is 11.4 Å². The van der Waals surface area contributed by atoms with Gasteiger partial charge in [0.2, 0.25) is 0 Å². The molecule has 0 N–H and O–H groups in total. The number of imidazole rings is 1. The third-order valence-electron chi connectivity index (χ3n) is 6.77. The van der Waals surface area contributed by atoms with Crippen molar-refractivity contribution in [2.45, 2.75) is 64.3 Å². The summed E-state index contributed by atoms with van der Waals surface area (Å²) in [5.41, 5.74) is 3.02. The van der Waals surface area contributed by atoms with E-state index in [9.17, 15) is 0 Å². The Morgan fingerprint density at radius 3 is 2.71 bits per heavy atom. The molecule has 2 aliphatic rings. The highest BCUT2D eigenvalue weighted by atomic mass is 16.5. The second kappa shape index (κ2) is 8.69. The zero-order valence-electron chi connectivity index (χ0n) is 18.5. The number of aryl methyl sites for hydroxylation is 2. The first-order valence-corrected chi connectivity index (χ1v) is 11.5. The summed E-state index contributed by atoms with van der Waals surface area (Å²) in [5, 5.41) is 4.80. The van der Waals surface area contributed by atoms with Crippen LogP contribution in [0, 0.1) is 12.8 Å². The number of hydrogen-bond donors (Lipinski definition) is 0. The Bertz CT molecular complexity index is 1070. The molecule has 5 rings (SSSR count). The lowest BCUT2D eigenvalue weighted by atomic mass is 9.77. The van der Waals surface area contributed by atoms with Gasteiger partial charge in [-0.1, -0.05) is 31.4 Å². The van der Waals surface area contributed by atoms with Crippen molar-refractivity contribution >= 4 is 12.2 Å². The Morgan fingerprint density at radius 1 is 1.06 bits per heavy atom. The predicted octanol–water partition coefficient (Wildman–Crippen LogP) is 5.41. The monoisotopic (exact) mass is 417 g/mol. The maximum absolute atomic E-state index is 5.63. The van der Waals surface area contributed by atoms with Crippen molar-refractivity contribution in [1.82, 2.24) is 24.3 Å². The summed E-state index contributed by atoms with van der Waals surface area (Å²) in [7, 11) is 1.70. The molecule has 0 bridgehead atoms. The topological polar surface area (TPSA) is 57.8 Å². The standard InChI is InChI=1S/C25H31N5O/c1-18-16-29(17-26-18)22-12-10-19(15-23(22)31-2)11-13-24-27-25-21(9-6-14-30(25)28-24)20-7-4-3-5-8-20/h10-13,15-17,20-21H,3-9,14H2,1-2H3. The highest BCUT2D eigenvalue weighted by molar-refractivity contribution is 5.69. The molecule has 0 spiro atoms. The van der Waals surface area contributed by atoms with Crippen molar-refractivity contribution < 1.29 is 4.74 Å². The van der Waals surface area contributed by atoms with Crippen LogP contribution >= 0.6 is 0 Å². The first kappa shape index (κ1) is 20.0. The molecule has 3 aromatic rings. The molecule has 1 atom stereocenters. The minimum absolute atomic E-state index is 0.585. The zero-order chi connectivity index (χ0) is 21.2. The lowest BCUT2D eigenvalue weighted by molar-refractivity contribution is 0.254. The number of nitrogens with zero attached hydrogens (tertiary/aromatic N) is 5. The fourth-order valence-corrected chi connectivity index (χ4v) is 5.19. The first-order valence-electron chi connectivity index (χ1n) is 11.5. The molecule has 31 heavy (non-hydrogen) atoms. The quantitative estimate of drug-likeness (QED) is 0.557. The molecule has 6 heteroatoms. The molecule has 1 saturated carbocycles. The lowest BCUT2D eigenvalue weighted by Gasteiger charge is -2.32. The minimum Gasteiger partial charge on any atom is -0.495 e. The van der Waals surface area contributed by atoms with Crippen LogP contribution in [0.1, 0.15) is 73.8 Å². The van der Waals surface area contributed by atoms with E-state index in [0.29, 0.717) is 5.92 Å². The maximum Gasteiger partial charge on any atom is 0.174 e. The van der Waals surface area contributed by atoms with E-state index in [1.807, 2.05) is 36.2 Å². The summed E-state index contributed by atoms with van der Waals surface area (Å²) in [6, 6.07) is 6.19. The normalized spacial score (nSPS) is 19.6. The van der Waals surface area contributed by atoms with Crippen molar-refractivity contribution in [3.63, 3.8) is 0 Å². The molecular formula is C25H31N5O. The molecule has 1 aliphatic carbocycles. The molecule has 1 unspecified atom stereocenters.